The van der Waals surface area contributed by atoms with Gasteiger partial charge in [-0.15, -0.1) is 24.7 Å². The number of hydrogen-bond donors (Lipinski definition) is 6. The van der Waals surface area contributed by atoms with E-state index in [0.717, 1.165) is 0 Å². The first kappa shape index (κ1) is 16.9. The third-order valence-corrected chi connectivity index (χ3v) is 2.51. The van der Waals surface area contributed by atoms with Crippen molar-refractivity contribution in [2.75, 3.05) is 0 Å². The molecule has 0 spiro atoms. The number of terminal acetylenes is 2. The molecule has 0 bridgehead atoms. The van der Waals surface area contributed by atoms with Crippen LogP contribution in [-0.2, 0) is 0 Å². The summed E-state index contributed by atoms with van der Waals surface area (Å²) in [5, 5.41) is 53.8. The molecule has 0 heterocycles. The Balaban J connectivity index is 0.000000411. The maximum Gasteiger partial charge on any atom is 0.111 e. The summed E-state index contributed by atoms with van der Waals surface area (Å²) >= 11 is 0. The largest absolute Gasteiger partial charge is 0.387 e. The SMILES string of the molecule is C#CCCC#C.O[C@H]1[C@H](O)[C@@H](O)[C@H](O)[C@@H](O)[C@H]1O. The molecule has 0 unspecified atom stereocenters. The van der Waals surface area contributed by atoms with Crippen molar-refractivity contribution in [2.45, 2.75) is 49.5 Å². The fraction of sp³-hybridized carbons (Fsp3) is 0.667. The van der Waals surface area contributed by atoms with E-state index in [0.29, 0.717) is 12.8 Å². The molecule has 6 N–H and O–H groups in total. The lowest BCUT2D eigenvalue weighted by Crippen LogP contribution is -2.63. The zero-order valence-electron chi connectivity index (χ0n) is 9.72. The third kappa shape index (κ3) is 4.28. The van der Waals surface area contributed by atoms with Gasteiger partial charge in [-0.05, 0) is 0 Å². The van der Waals surface area contributed by atoms with Gasteiger partial charge in [0.2, 0.25) is 0 Å². The molecule has 0 amide bonds. The summed E-state index contributed by atoms with van der Waals surface area (Å²) < 4.78 is 0. The second kappa shape index (κ2) is 8.06. The van der Waals surface area contributed by atoms with Gasteiger partial charge in [-0.2, -0.15) is 0 Å². The van der Waals surface area contributed by atoms with Gasteiger partial charge in [-0.3, -0.25) is 0 Å². The summed E-state index contributed by atoms with van der Waals surface area (Å²) in [6.45, 7) is 0. The summed E-state index contributed by atoms with van der Waals surface area (Å²) in [4.78, 5) is 0. The highest BCUT2D eigenvalue weighted by molar-refractivity contribution is 4.98. The minimum Gasteiger partial charge on any atom is -0.387 e. The monoisotopic (exact) mass is 258 g/mol. The number of aliphatic hydroxyl groups is 6. The minimum atomic E-state index is -1.64. The average molecular weight is 258 g/mol. The molecular formula is C12H18O6. The Labute approximate surface area is 106 Å². The predicted molar refractivity (Wildman–Crippen MR) is 62.9 cm³/mol. The maximum atomic E-state index is 8.97. The molecule has 0 atom stereocenters. The number of hydrogen-bond acceptors (Lipinski definition) is 6. The van der Waals surface area contributed by atoms with E-state index in [1.807, 2.05) is 0 Å². The van der Waals surface area contributed by atoms with Gasteiger partial charge in [0.05, 0.1) is 0 Å². The van der Waals surface area contributed by atoms with Gasteiger partial charge in [0, 0.05) is 12.8 Å². The van der Waals surface area contributed by atoms with Gasteiger partial charge < -0.3 is 30.6 Å². The number of aliphatic hydroxyl groups excluding tert-OH is 6. The molecule has 18 heavy (non-hydrogen) atoms. The summed E-state index contributed by atoms with van der Waals surface area (Å²) in [6, 6.07) is 0. The second-order valence-corrected chi connectivity index (χ2v) is 3.85. The van der Waals surface area contributed by atoms with Crippen LogP contribution in [0.25, 0.3) is 0 Å². The fourth-order valence-corrected chi connectivity index (χ4v) is 1.36. The normalized spacial score (nSPS) is 38.9. The van der Waals surface area contributed by atoms with Crippen molar-refractivity contribution in [3.8, 4) is 24.7 Å². The van der Waals surface area contributed by atoms with Gasteiger partial charge >= 0.3 is 0 Å². The molecule has 1 fully saturated rings. The Morgan fingerprint density at radius 1 is 0.556 bits per heavy atom. The molecule has 6 nitrogen and oxygen atoms in total. The molecule has 0 aliphatic heterocycles. The van der Waals surface area contributed by atoms with Crippen molar-refractivity contribution in [3.63, 3.8) is 0 Å². The van der Waals surface area contributed by atoms with Crippen LogP contribution in [-0.4, -0.2) is 67.3 Å². The van der Waals surface area contributed by atoms with E-state index in [4.69, 9.17) is 43.5 Å². The van der Waals surface area contributed by atoms with Crippen LogP contribution in [0.3, 0.4) is 0 Å². The Hall–Kier alpha value is -1.12. The first-order valence-electron chi connectivity index (χ1n) is 5.33. The Kier molecular flexibility index (Phi) is 7.56. The van der Waals surface area contributed by atoms with E-state index in [-0.39, 0.29) is 0 Å². The minimum absolute atomic E-state index is 0.705. The smallest absolute Gasteiger partial charge is 0.111 e. The molecule has 6 heteroatoms. The van der Waals surface area contributed by atoms with Gasteiger partial charge in [-0.1, -0.05) is 0 Å². The standard InChI is InChI=1S/C6H12O6.C6H6/c7-1-2(8)4(10)6(12)5(11)3(1)9;1-3-5-6-4-2/h1-12H;1-2H,5-6H2/t1-,2-,3-,4+,5-,6-;. The second-order valence-electron chi connectivity index (χ2n) is 3.85. The fourth-order valence-electron chi connectivity index (χ4n) is 1.36. The molecule has 1 aliphatic rings. The quantitative estimate of drug-likeness (QED) is 0.223. The van der Waals surface area contributed by atoms with Gasteiger partial charge in [-0.25, -0.2) is 0 Å². The number of unbranched alkanes of at least 4 members (excludes halogenated alkanes) is 1. The molecule has 1 rings (SSSR count). The van der Waals surface area contributed by atoms with Crippen LogP contribution in [0.1, 0.15) is 12.8 Å². The third-order valence-electron chi connectivity index (χ3n) is 2.51. The van der Waals surface area contributed by atoms with Crippen molar-refractivity contribution in [1.29, 1.82) is 0 Å². The van der Waals surface area contributed by atoms with Crippen LogP contribution in [0, 0.1) is 24.7 Å². The molecule has 102 valence electrons. The first-order chi connectivity index (χ1) is 8.38. The van der Waals surface area contributed by atoms with Gasteiger partial charge in [0.1, 0.15) is 36.6 Å². The van der Waals surface area contributed by atoms with E-state index in [1.165, 1.54) is 0 Å². The van der Waals surface area contributed by atoms with Crippen LogP contribution < -0.4 is 0 Å². The van der Waals surface area contributed by atoms with Crippen LogP contribution >= 0.6 is 0 Å². The summed E-state index contributed by atoms with van der Waals surface area (Å²) in [5.74, 6) is 4.85. The van der Waals surface area contributed by atoms with Crippen molar-refractivity contribution in [2.24, 2.45) is 0 Å². The van der Waals surface area contributed by atoms with E-state index in [9.17, 15) is 0 Å². The van der Waals surface area contributed by atoms with Crippen LogP contribution in [0.15, 0.2) is 0 Å². The molecule has 0 aromatic heterocycles. The van der Waals surface area contributed by atoms with Crippen LogP contribution in [0.2, 0.25) is 0 Å². The highest BCUT2D eigenvalue weighted by atomic mass is 16.4. The van der Waals surface area contributed by atoms with E-state index < -0.39 is 36.6 Å². The van der Waals surface area contributed by atoms with Gasteiger partial charge in [0.25, 0.3) is 0 Å². The zero-order valence-corrected chi connectivity index (χ0v) is 9.72. The highest BCUT2D eigenvalue weighted by Gasteiger charge is 2.47. The van der Waals surface area contributed by atoms with Crippen molar-refractivity contribution >= 4 is 0 Å². The van der Waals surface area contributed by atoms with E-state index >= 15 is 0 Å². The predicted octanol–water partition coefficient (Wildman–Crippen LogP) is -2.80. The molecule has 1 aliphatic carbocycles. The summed E-state index contributed by atoms with van der Waals surface area (Å²) in [5.41, 5.74) is 0. The highest BCUT2D eigenvalue weighted by Crippen LogP contribution is 2.20. The molecule has 0 aromatic rings. The van der Waals surface area contributed by atoms with E-state index in [2.05, 4.69) is 11.8 Å². The molecule has 0 saturated heterocycles. The maximum absolute atomic E-state index is 8.97. The zero-order chi connectivity index (χ0) is 14.3. The first-order valence-corrected chi connectivity index (χ1v) is 5.33. The molecular weight excluding hydrogens is 240 g/mol. The lowest BCUT2D eigenvalue weighted by atomic mass is 9.85. The summed E-state index contributed by atoms with van der Waals surface area (Å²) in [7, 11) is 0. The van der Waals surface area contributed by atoms with Crippen molar-refractivity contribution < 1.29 is 30.6 Å². The summed E-state index contributed by atoms with van der Waals surface area (Å²) in [6.07, 6.45) is 1.31. The van der Waals surface area contributed by atoms with Gasteiger partial charge in [0.15, 0.2) is 0 Å². The lowest BCUT2D eigenvalue weighted by Gasteiger charge is -2.39. The lowest BCUT2D eigenvalue weighted by molar-refractivity contribution is -0.223. The Bertz CT molecular complexity index is 245. The molecule has 0 aromatic carbocycles. The van der Waals surface area contributed by atoms with Crippen LogP contribution in [0.5, 0.6) is 0 Å². The number of rotatable bonds is 1. The van der Waals surface area contributed by atoms with Crippen molar-refractivity contribution in [3.05, 3.63) is 0 Å². The molecule has 1 saturated carbocycles. The topological polar surface area (TPSA) is 121 Å². The Morgan fingerprint density at radius 2 is 0.722 bits per heavy atom. The van der Waals surface area contributed by atoms with E-state index in [1.54, 1.807) is 0 Å². The van der Waals surface area contributed by atoms with Crippen LogP contribution in [0.4, 0.5) is 0 Å². The average Bonchev–Trinajstić information content (AvgIpc) is 2.39. The molecule has 0 radical (unpaired) electrons. The Morgan fingerprint density at radius 3 is 0.833 bits per heavy atom. The van der Waals surface area contributed by atoms with Crippen molar-refractivity contribution in [1.82, 2.24) is 0 Å².